The van der Waals surface area contributed by atoms with Gasteiger partial charge in [-0.1, -0.05) is 23.7 Å². The Morgan fingerprint density at radius 2 is 2.42 bits per heavy atom. The number of nitrogens with zero attached hydrogens (tertiary/aromatic N) is 1. The Balaban J connectivity index is 1.66. The predicted octanol–water partition coefficient (Wildman–Crippen LogP) is 3.21. The third-order valence-corrected chi connectivity index (χ3v) is 4.95. The van der Waals surface area contributed by atoms with Crippen LogP contribution in [0.3, 0.4) is 0 Å². The molecule has 1 N–H and O–H groups in total. The molecule has 0 aliphatic carbocycles. The summed E-state index contributed by atoms with van der Waals surface area (Å²) in [5.74, 6) is -0.174. The summed E-state index contributed by atoms with van der Waals surface area (Å²) >= 11 is 7.71. The van der Waals surface area contributed by atoms with Gasteiger partial charge in [-0.05, 0) is 25.0 Å². The first-order valence-corrected chi connectivity index (χ1v) is 9.09. The first-order chi connectivity index (χ1) is 11.6. The van der Waals surface area contributed by atoms with Gasteiger partial charge in [-0.3, -0.25) is 4.79 Å². The minimum absolute atomic E-state index is 0.111. The molecule has 3 rings (SSSR count). The lowest BCUT2D eigenvalue weighted by atomic mass is 10.0. The monoisotopic (exact) mass is 366 g/mol. The van der Waals surface area contributed by atoms with E-state index in [4.69, 9.17) is 21.1 Å². The molecule has 128 valence electrons. The fourth-order valence-corrected chi connectivity index (χ4v) is 3.55. The van der Waals surface area contributed by atoms with Crippen molar-refractivity contribution in [2.24, 2.45) is 0 Å². The molecule has 2 atom stereocenters. The molecular formula is C17H19ClN2O3S. The third-order valence-electron chi connectivity index (χ3n) is 4.00. The maximum absolute atomic E-state index is 12.6. The Kier molecular flexibility index (Phi) is 5.84. The number of carbonyl (C=O) groups is 1. The highest BCUT2D eigenvalue weighted by atomic mass is 35.5. The second-order valence-electron chi connectivity index (χ2n) is 5.70. The van der Waals surface area contributed by atoms with E-state index >= 15 is 0 Å². The summed E-state index contributed by atoms with van der Waals surface area (Å²) in [4.78, 5) is 16.8. The molecule has 1 aromatic heterocycles. The number of ether oxygens (including phenoxy) is 2. The predicted molar refractivity (Wildman–Crippen MR) is 93.6 cm³/mol. The number of amides is 1. The summed E-state index contributed by atoms with van der Waals surface area (Å²) in [5, 5.41) is 5.46. The van der Waals surface area contributed by atoms with Gasteiger partial charge in [0.1, 0.15) is 6.10 Å². The Labute approximate surface area is 150 Å². The van der Waals surface area contributed by atoms with Crippen molar-refractivity contribution in [3.05, 3.63) is 50.9 Å². The fourth-order valence-electron chi connectivity index (χ4n) is 2.70. The summed E-state index contributed by atoms with van der Waals surface area (Å²) < 4.78 is 11.4. The van der Waals surface area contributed by atoms with E-state index in [0.717, 1.165) is 11.3 Å². The van der Waals surface area contributed by atoms with Crippen LogP contribution in [0, 0.1) is 6.92 Å². The molecule has 1 saturated heterocycles. The number of nitrogens with one attached hydrogen (secondary N) is 1. The molecule has 0 saturated carbocycles. The highest BCUT2D eigenvalue weighted by Crippen LogP contribution is 2.21. The van der Waals surface area contributed by atoms with Crippen molar-refractivity contribution < 1.29 is 14.3 Å². The van der Waals surface area contributed by atoms with Gasteiger partial charge in [0.05, 0.1) is 41.0 Å². The van der Waals surface area contributed by atoms with E-state index < -0.39 is 0 Å². The average molecular weight is 367 g/mol. The number of halogens is 1. The average Bonchev–Trinajstić information content (AvgIpc) is 3.07. The Bertz CT molecular complexity index is 673. The van der Waals surface area contributed by atoms with E-state index in [9.17, 15) is 4.79 Å². The van der Waals surface area contributed by atoms with Gasteiger partial charge in [0, 0.05) is 12.0 Å². The van der Waals surface area contributed by atoms with E-state index in [0.29, 0.717) is 36.8 Å². The van der Waals surface area contributed by atoms with Crippen molar-refractivity contribution in [1.82, 2.24) is 10.3 Å². The van der Waals surface area contributed by atoms with Crippen LogP contribution >= 0.6 is 22.9 Å². The third kappa shape index (κ3) is 4.13. The van der Waals surface area contributed by atoms with Gasteiger partial charge in [0.25, 0.3) is 5.91 Å². The maximum atomic E-state index is 12.6. The van der Waals surface area contributed by atoms with Gasteiger partial charge >= 0.3 is 0 Å². The summed E-state index contributed by atoms with van der Waals surface area (Å²) in [5.41, 5.74) is 4.03. The molecule has 0 bridgehead atoms. The number of hydrogen-bond acceptors (Lipinski definition) is 5. The number of rotatable bonds is 5. The Morgan fingerprint density at radius 1 is 1.54 bits per heavy atom. The zero-order valence-corrected chi connectivity index (χ0v) is 14.9. The fraction of sp³-hybridized carbons (Fsp3) is 0.412. The number of benzene rings is 1. The smallest absolute Gasteiger partial charge is 0.253 e. The first kappa shape index (κ1) is 17.4. The Hall–Kier alpha value is -1.47. The molecule has 2 heterocycles. The van der Waals surface area contributed by atoms with Gasteiger partial charge in [0.15, 0.2) is 0 Å². The molecule has 1 aliphatic rings. The van der Waals surface area contributed by atoms with Crippen LogP contribution in [0.4, 0.5) is 0 Å². The normalized spacial score (nSPS) is 20.8. The number of aromatic nitrogens is 1. The minimum Gasteiger partial charge on any atom is -0.379 e. The van der Waals surface area contributed by atoms with Gasteiger partial charge in [-0.15, -0.1) is 11.3 Å². The van der Waals surface area contributed by atoms with Crippen LogP contribution in [-0.4, -0.2) is 36.3 Å². The molecule has 1 fully saturated rings. The lowest BCUT2D eigenvalue weighted by molar-refractivity contribution is -0.0742. The van der Waals surface area contributed by atoms with E-state index in [1.54, 1.807) is 11.6 Å². The summed E-state index contributed by atoms with van der Waals surface area (Å²) in [6, 6.07) is 5.33. The van der Waals surface area contributed by atoms with Gasteiger partial charge in [0.2, 0.25) is 0 Å². The van der Waals surface area contributed by atoms with E-state index in [1.807, 2.05) is 24.4 Å². The van der Waals surface area contributed by atoms with E-state index in [-0.39, 0.29) is 18.1 Å². The molecule has 0 unspecified atom stereocenters. The van der Waals surface area contributed by atoms with Crippen LogP contribution in [0.2, 0.25) is 5.02 Å². The molecule has 1 aliphatic heterocycles. The molecule has 7 heteroatoms. The van der Waals surface area contributed by atoms with Crippen LogP contribution < -0.4 is 5.32 Å². The molecule has 0 spiro atoms. The quantitative estimate of drug-likeness (QED) is 0.882. The lowest BCUT2D eigenvalue weighted by Crippen LogP contribution is -2.50. The number of aryl methyl sites for hydroxylation is 1. The van der Waals surface area contributed by atoms with Crippen LogP contribution in [0.1, 0.15) is 28.0 Å². The number of carbonyl (C=O) groups excluding carboxylic acids is 1. The molecule has 24 heavy (non-hydrogen) atoms. The second-order valence-corrected chi connectivity index (χ2v) is 6.83. The van der Waals surface area contributed by atoms with Crippen molar-refractivity contribution >= 4 is 28.8 Å². The van der Waals surface area contributed by atoms with Crippen molar-refractivity contribution in [3.63, 3.8) is 0 Å². The van der Waals surface area contributed by atoms with Crippen molar-refractivity contribution in [2.45, 2.75) is 32.1 Å². The second kappa shape index (κ2) is 8.07. The van der Waals surface area contributed by atoms with Crippen LogP contribution in [0.25, 0.3) is 0 Å². The largest absolute Gasteiger partial charge is 0.379 e. The standard InChI is InChI=1S/C17H19ClN2O3S/c1-11-3-2-4-13(18)16(11)17(21)20-14-5-6-22-8-15(14)23-7-12-9-24-10-19-12/h2-4,9-10,14-15H,5-8H2,1H3,(H,20,21)/t14-,15-/m1/s1. The van der Waals surface area contributed by atoms with Crippen LogP contribution in [-0.2, 0) is 16.1 Å². The van der Waals surface area contributed by atoms with Crippen molar-refractivity contribution in [1.29, 1.82) is 0 Å². The molecule has 5 nitrogen and oxygen atoms in total. The zero-order valence-electron chi connectivity index (χ0n) is 13.3. The topological polar surface area (TPSA) is 60.5 Å². The summed E-state index contributed by atoms with van der Waals surface area (Å²) in [6.45, 7) is 3.34. The van der Waals surface area contributed by atoms with Gasteiger partial charge in [-0.2, -0.15) is 0 Å². The van der Waals surface area contributed by atoms with Crippen LogP contribution in [0.5, 0.6) is 0 Å². The van der Waals surface area contributed by atoms with Gasteiger partial charge in [-0.25, -0.2) is 4.98 Å². The van der Waals surface area contributed by atoms with Crippen LogP contribution in [0.15, 0.2) is 29.1 Å². The SMILES string of the molecule is Cc1cccc(Cl)c1C(=O)N[C@@H]1CCOC[C@H]1OCc1cscn1. The first-order valence-electron chi connectivity index (χ1n) is 7.77. The molecule has 0 radical (unpaired) electrons. The van der Waals surface area contributed by atoms with Crippen molar-refractivity contribution in [2.75, 3.05) is 13.2 Å². The highest BCUT2D eigenvalue weighted by molar-refractivity contribution is 7.07. The Morgan fingerprint density at radius 3 is 3.17 bits per heavy atom. The molecule has 1 amide bonds. The number of thiazole rings is 1. The molecule has 1 aromatic carbocycles. The van der Waals surface area contributed by atoms with E-state index in [2.05, 4.69) is 10.3 Å². The zero-order chi connectivity index (χ0) is 16.9. The molecular weight excluding hydrogens is 348 g/mol. The maximum Gasteiger partial charge on any atom is 0.253 e. The van der Waals surface area contributed by atoms with Crippen molar-refractivity contribution in [3.8, 4) is 0 Å². The summed E-state index contributed by atoms with van der Waals surface area (Å²) in [6.07, 6.45) is 0.504. The highest BCUT2D eigenvalue weighted by Gasteiger charge is 2.29. The van der Waals surface area contributed by atoms with E-state index in [1.165, 1.54) is 11.3 Å². The summed E-state index contributed by atoms with van der Waals surface area (Å²) in [7, 11) is 0. The minimum atomic E-state index is -0.202. The molecule has 2 aromatic rings. The number of hydrogen-bond donors (Lipinski definition) is 1. The van der Waals surface area contributed by atoms with Gasteiger partial charge < -0.3 is 14.8 Å². The lowest BCUT2D eigenvalue weighted by Gasteiger charge is -2.32.